The molecule has 1 fully saturated rings. The summed E-state index contributed by atoms with van der Waals surface area (Å²) in [5.41, 5.74) is 0.0664. The minimum Gasteiger partial charge on any atom is -0.384 e. The van der Waals surface area contributed by atoms with Gasteiger partial charge in [-0.05, 0) is 0 Å². The topological polar surface area (TPSA) is 57.1 Å². The molecule has 1 aliphatic rings. The molecule has 1 heterocycles. The van der Waals surface area contributed by atoms with Gasteiger partial charge in [-0.2, -0.15) is 0 Å². The fourth-order valence-corrected chi connectivity index (χ4v) is 1.67. The number of hydrogen-bond donors (Lipinski definition) is 3. The molecule has 1 rings (SSSR count). The zero-order chi connectivity index (χ0) is 8.65. The number of quaternary nitrogens is 1. The Morgan fingerprint density at radius 2 is 1.82 bits per heavy atom. The molecule has 3 heteroatoms. The number of rotatable bonds is 0. The first-order valence-corrected chi connectivity index (χ1v) is 4.12. The third-order valence-corrected chi connectivity index (χ3v) is 2.39. The van der Waals surface area contributed by atoms with E-state index < -0.39 is 12.2 Å². The first kappa shape index (κ1) is 8.97. The molecule has 3 nitrogen and oxygen atoms in total. The second-order valence-corrected chi connectivity index (χ2v) is 4.42. The fraction of sp³-hybridized carbons (Fsp3) is 1.00. The molecule has 0 unspecified atom stereocenters. The largest absolute Gasteiger partial charge is 0.384 e. The summed E-state index contributed by atoms with van der Waals surface area (Å²) in [4.78, 5) is 0. The van der Waals surface area contributed by atoms with Gasteiger partial charge in [0, 0.05) is 5.41 Å². The zero-order valence-electron chi connectivity index (χ0n) is 7.41. The van der Waals surface area contributed by atoms with Crippen molar-refractivity contribution in [3.63, 3.8) is 0 Å². The Bertz CT molecular complexity index is 142. The molecule has 0 aromatic heterocycles. The van der Waals surface area contributed by atoms with Crippen LogP contribution in [-0.2, 0) is 0 Å². The van der Waals surface area contributed by atoms with Crippen LogP contribution in [0.4, 0.5) is 0 Å². The lowest BCUT2D eigenvalue weighted by Crippen LogP contribution is -2.90. The predicted molar refractivity (Wildman–Crippen MR) is 42.0 cm³/mol. The molecule has 1 aliphatic heterocycles. The lowest BCUT2D eigenvalue weighted by molar-refractivity contribution is -0.687. The van der Waals surface area contributed by atoms with Gasteiger partial charge in [0.25, 0.3) is 0 Å². The molecule has 0 aromatic rings. The van der Waals surface area contributed by atoms with Crippen molar-refractivity contribution in [1.82, 2.24) is 0 Å². The summed E-state index contributed by atoms with van der Waals surface area (Å²) in [5, 5.41) is 20.8. The number of nitrogens with two attached hydrogens (primary N) is 1. The molecule has 0 spiro atoms. The standard InChI is InChI=1S/C8H17NO2/c1-8(2,3)7-6(11)5(10)4-9-7/h5-7,9-11H,4H2,1-3H3/p+1/t5-,6+,7-/m0/s1. The number of hydrogen-bond acceptors (Lipinski definition) is 2. The summed E-state index contributed by atoms with van der Waals surface area (Å²) in [6.07, 6.45) is -1.10. The van der Waals surface area contributed by atoms with Gasteiger partial charge in [-0.1, -0.05) is 20.8 Å². The van der Waals surface area contributed by atoms with Crippen LogP contribution in [0.15, 0.2) is 0 Å². The second kappa shape index (κ2) is 2.73. The summed E-state index contributed by atoms with van der Waals surface area (Å²) in [6.45, 7) is 6.86. The Morgan fingerprint density at radius 3 is 2.00 bits per heavy atom. The van der Waals surface area contributed by atoms with Gasteiger partial charge in [-0.3, -0.25) is 0 Å². The molecule has 66 valence electrons. The average molecular weight is 160 g/mol. The predicted octanol–water partition coefficient (Wildman–Crippen LogP) is -1.30. The van der Waals surface area contributed by atoms with Crippen molar-refractivity contribution in [2.24, 2.45) is 5.41 Å². The van der Waals surface area contributed by atoms with Gasteiger partial charge in [-0.15, -0.1) is 0 Å². The van der Waals surface area contributed by atoms with E-state index in [2.05, 4.69) is 20.8 Å². The molecule has 0 radical (unpaired) electrons. The van der Waals surface area contributed by atoms with E-state index in [-0.39, 0.29) is 11.5 Å². The SMILES string of the molecule is CC(C)(C)[C@H]1[NH2+]C[C@H](O)[C@H]1O. The van der Waals surface area contributed by atoms with Gasteiger partial charge in [0.1, 0.15) is 24.8 Å². The molecule has 4 N–H and O–H groups in total. The Balaban J connectivity index is 2.62. The van der Waals surface area contributed by atoms with Crippen LogP contribution in [0, 0.1) is 5.41 Å². The fourth-order valence-electron chi connectivity index (χ4n) is 1.67. The van der Waals surface area contributed by atoms with Crippen molar-refractivity contribution in [3.8, 4) is 0 Å². The lowest BCUT2D eigenvalue weighted by atomic mass is 9.84. The molecule has 0 bridgehead atoms. The van der Waals surface area contributed by atoms with Crippen LogP contribution in [0.1, 0.15) is 20.8 Å². The van der Waals surface area contributed by atoms with Crippen LogP contribution in [0.25, 0.3) is 0 Å². The summed E-state index contributed by atoms with van der Waals surface area (Å²) in [7, 11) is 0. The Hall–Kier alpha value is -0.120. The molecular weight excluding hydrogens is 142 g/mol. The van der Waals surface area contributed by atoms with Crippen molar-refractivity contribution in [1.29, 1.82) is 0 Å². The maximum absolute atomic E-state index is 9.51. The lowest BCUT2D eigenvalue weighted by Gasteiger charge is -2.26. The van der Waals surface area contributed by atoms with E-state index >= 15 is 0 Å². The van der Waals surface area contributed by atoms with Crippen molar-refractivity contribution in [2.75, 3.05) is 6.54 Å². The molecule has 11 heavy (non-hydrogen) atoms. The zero-order valence-corrected chi connectivity index (χ0v) is 7.41. The molecule has 0 aliphatic carbocycles. The van der Waals surface area contributed by atoms with Crippen molar-refractivity contribution >= 4 is 0 Å². The molecule has 1 saturated heterocycles. The molecule has 3 atom stereocenters. The van der Waals surface area contributed by atoms with Crippen LogP contribution in [-0.4, -0.2) is 35.0 Å². The van der Waals surface area contributed by atoms with E-state index in [9.17, 15) is 10.2 Å². The maximum atomic E-state index is 9.51. The van der Waals surface area contributed by atoms with Gasteiger partial charge >= 0.3 is 0 Å². The maximum Gasteiger partial charge on any atom is 0.137 e. The van der Waals surface area contributed by atoms with E-state index in [4.69, 9.17) is 0 Å². The minimum atomic E-state index is -0.560. The molecule has 0 saturated carbocycles. The van der Waals surface area contributed by atoms with Crippen molar-refractivity contribution in [2.45, 2.75) is 39.0 Å². The van der Waals surface area contributed by atoms with Gasteiger partial charge in [-0.25, -0.2) is 0 Å². The van der Waals surface area contributed by atoms with Crippen molar-refractivity contribution in [3.05, 3.63) is 0 Å². The quantitative estimate of drug-likeness (QED) is 0.412. The normalized spacial score (nSPS) is 39.5. The smallest absolute Gasteiger partial charge is 0.137 e. The van der Waals surface area contributed by atoms with Gasteiger partial charge in [0.2, 0.25) is 0 Å². The highest BCUT2D eigenvalue weighted by Crippen LogP contribution is 2.22. The number of aliphatic hydroxyl groups excluding tert-OH is 2. The van der Waals surface area contributed by atoms with Gasteiger partial charge in [0.15, 0.2) is 0 Å². The monoisotopic (exact) mass is 160 g/mol. The van der Waals surface area contributed by atoms with E-state index in [1.807, 2.05) is 5.32 Å². The summed E-state index contributed by atoms with van der Waals surface area (Å²) in [6, 6.07) is 0.137. The summed E-state index contributed by atoms with van der Waals surface area (Å²) < 4.78 is 0. The third kappa shape index (κ3) is 1.72. The van der Waals surface area contributed by atoms with Crippen LogP contribution in [0.5, 0.6) is 0 Å². The summed E-state index contributed by atoms with van der Waals surface area (Å²) >= 11 is 0. The number of aliphatic hydroxyl groups is 2. The van der Waals surface area contributed by atoms with Gasteiger partial charge in [0.05, 0.1) is 0 Å². The molecule has 0 amide bonds. The Labute approximate surface area is 67.4 Å². The van der Waals surface area contributed by atoms with Crippen LogP contribution in [0.2, 0.25) is 0 Å². The average Bonchev–Trinajstić information content (AvgIpc) is 2.11. The Kier molecular flexibility index (Phi) is 2.23. The third-order valence-electron chi connectivity index (χ3n) is 2.39. The van der Waals surface area contributed by atoms with E-state index in [0.717, 1.165) is 0 Å². The Morgan fingerprint density at radius 1 is 1.27 bits per heavy atom. The first-order valence-electron chi connectivity index (χ1n) is 4.12. The van der Waals surface area contributed by atoms with Gasteiger partial charge < -0.3 is 15.5 Å². The van der Waals surface area contributed by atoms with E-state index in [1.54, 1.807) is 0 Å². The molecule has 0 aromatic carbocycles. The van der Waals surface area contributed by atoms with E-state index in [0.29, 0.717) is 6.54 Å². The highest BCUT2D eigenvalue weighted by molar-refractivity contribution is 4.86. The first-order chi connectivity index (χ1) is 4.93. The summed E-state index contributed by atoms with van der Waals surface area (Å²) in [5.74, 6) is 0. The van der Waals surface area contributed by atoms with Crippen LogP contribution in [0.3, 0.4) is 0 Å². The van der Waals surface area contributed by atoms with Crippen molar-refractivity contribution < 1.29 is 15.5 Å². The molecular formula is C8H18NO2+. The minimum absolute atomic E-state index is 0.0664. The van der Waals surface area contributed by atoms with E-state index in [1.165, 1.54) is 0 Å². The highest BCUT2D eigenvalue weighted by Gasteiger charge is 2.44. The van der Waals surface area contributed by atoms with Crippen LogP contribution < -0.4 is 5.32 Å². The van der Waals surface area contributed by atoms with Crippen LogP contribution >= 0.6 is 0 Å². The highest BCUT2D eigenvalue weighted by atomic mass is 16.3. The second-order valence-electron chi connectivity index (χ2n) is 4.42.